The number of aromatic hydroxyl groups is 4. The standard InChI is InChI=1S/C34H38O3.C34H36O3/c1-22-20-27(14-18-31(22)35)33(3,4)25-10-12-26(13-11-25)34(5,6)28-15-19-32(36)30(21-28)23(2)24-8-16-29(37-7)17-9-24;1-22-19-28(15-17-31(22)36)33(3,4)26-11-13-27(14-12-26)34(5,6)29-16-18-32(37)30(20-29)23(2)25-9-7-24(21-35)8-10-25/h8-21,23,35-36H,1-7H3;7-21,23,36-37H,1-6H3. The zero-order valence-electron chi connectivity index (χ0n) is 45.5. The first-order chi connectivity index (χ1) is 34.9. The highest BCUT2D eigenvalue weighted by Crippen LogP contribution is 2.42. The smallest absolute Gasteiger partial charge is 0.150 e. The Hall–Kier alpha value is -7.57. The van der Waals surface area contributed by atoms with Gasteiger partial charge < -0.3 is 25.2 Å². The molecule has 0 aliphatic carbocycles. The number of methoxy groups -OCH3 is 1. The number of aryl methyl sites for hydroxylation is 2. The SMILES string of the molecule is COc1ccc(C(C)c2cc(C(C)(C)c3ccc(C(C)(C)c4ccc(O)c(C)c4)cc3)ccc2O)cc1.Cc1cc(C(C)(C)c2ccc(C(C)(C)c3ccc(O)c(C(C)c4ccc(C=O)cc4)c3)cc2)ccc1O. The van der Waals surface area contributed by atoms with Crippen LogP contribution in [0, 0.1) is 13.8 Å². The molecule has 6 nitrogen and oxygen atoms in total. The predicted molar refractivity (Wildman–Crippen MR) is 303 cm³/mol. The number of phenolic OH excluding ortho intramolecular Hbond substituents is 4. The first kappa shape index (κ1) is 54.2. The molecule has 0 heterocycles. The summed E-state index contributed by atoms with van der Waals surface area (Å²) < 4.78 is 5.30. The van der Waals surface area contributed by atoms with Crippen molar-refractivity contribution in [1.82, 2.24) is 0 Å². The van der Waals surface area contributed by atoms with Crippen molar-refractivity contribution in [3.8, 4) is 28.7 Å². The minimum Gasteiger partial charge on any atom is -0.508 e. The van der Waals surface area contributed by atoms with Crippen LogP contribution >= 0.6 is 0 Å². The maximum absolute atomic E-state index is 11.0. The summed E-state index contributed by atoms with van der Waals surface area (Å²) in [6.45, 7) is 25.7. The Morgan fingerprint density at radius 1 is 0.378 bits per heavy atom. The van der Waals surface area contributed by atoms with Crippen LogP contribution in [0.15, 0.2) is 170 Å². The van der Waals surface area contributed by atoms with Crippen LogP contribution in [-0.4, -0.2) is 33.8 Å². The fraction of sp³-hybridized carbons (Fsp3) is 0.279. The minimum absolute atomic E-state index is 0.0200. The molecule has 0 amide bonds. The van der Waals surface area contributed by atoms with Gasteiger partial charge in [0.2, 0.25) is 0 Å². The molecular weight excluding hydrogens is 913 g/mol. The highest BCUT2D eigenvalue weighted by atomic mass is 16.5. The van der Waals surface area contributed by atoms with Gasteiger partial charge in [0.05, 0.1) is 7.11 Å². The monoisotopic (exact) mass is 987 g/mol. The van der Waals surface area contributed by atoms with Crippen molar-refractivity contribution in [2.24, 2.45) is 0 Å². The predicted octanol–water partition coefficient (Wildman–Crippen LogP) is 16.2. The fourth-order valence-corrected chi connectivity index (χ4v) is 10.1. The van der Waals surface area contributed by atoms with Crippen LogP contribution < -0.4 is 4.74 Å². The number of aldehydes is 1. The van der Waals surface area contributed by atoms with Crippen molar-refractivity contribution in [1.29, 1.82) is 0 Å². The van der Waals surface area contributed by atoms with Crippen molar-refractivity contribution in [2.45, 2.75) is 117 Å². The number of ether oxygens (including phenoxy) is 1. The number of benzene rings is 8. The van der Waals surface area contributed by atoms with Gasteiger partial charge in [-0.05, 0) is 117 Å². The average Bonchev–Trinajstić information content (AvgIpc) is 3.40. The highest BCUT2D eigenvalue weighted by molar-refractivity contribution is 5.74. The maximum Gasteiger partial charge on any atom is 0.150 e. The molecule has 8 aromatic rings. The lowest BCUT2D eigenvalue weighted by molar-refractivity contribution is 0.112. The Kier molecular flexibility index (Phi) is 15.7. The molecule has 0 saturated carbocycles. The number of carbonyl (C=O) groups excluding carboxylic acids is 1. The van der Waals surface area contributed by atoms with E-state index < -0.39 is 0 Å². The van der Waals surface area contributed by atoms with Gasteiger partial charge in [-0.3, -0.25) is 4.79 Å². The number of hydrogen-bond donors (Lipinski definition) is 4. The molecule has 382 valence electrons. The molecular formula is C68H74O6. The van der Waals surface area contributed by atoms with E-state index in [1.807, 2.05) is 80.6 Å². The molecule has 8 rings (SSSR count). The first-order valence-corrected chi connectivity index (χ1v) is 25.6. The lowest BCUT2D eigenvalue weighted by Crippen LogP contribution is -2.22. The van der Waals surface area contributed by atoms with Crippen LogP contribution in [0.1, 0.15) is 169 Å². The van der Waals surface area contributed by atoms with E-state index in [0.29, 0.717) is 22.8 Å². The van der Waals surface area contributed by atoms with Gasteiger partial charge >= 0.3 is 0 Å². The summed E-state index contributed by atoms with van der Waals surface area (Å²) >= 11 is 0. The highest BCUT2D eigenvalue weighted by Gasteiger charge is 2.30. The number of rotatable bonds is 14. The van der Waals surface area contributed by atoms with Crippen molar-refractivity contribution >= 4 is 6.29 Å². The fourth-order valence-electron chi connectivity index (χ4n) is 10.1. The Bertz CT molecular complexity index is 3230. The number of hydrogen-bond acceptors (Lipinski definition) is 6. The Balaban J connectivity index is 0.000000216. The van der Waals surface area contributed by atoms with Gasteiger partial charge in [-0.1, -0.05) is 203 Å². The Morgan fingerprint density at radius 2 is 0.649 bits per heavy atom. The van der Waals surface area contributed by atoms with E-state index in [9.17, 15) is 25.2 Å². The number of carbonyl (C=O) groups is 1. The third kappa shape index (κ3) is 11.2. The summed E-state index contributed by atoms with van der Waals surface area (Å²) in [7, 11) is 1.66. The summed E-state index contributed by atoms with van der Waals surface area (Å²) in [5.41, 5.74) is 14.9. The second-order valence-electron chi connectivity index (χ2n) is 22.2. The molecule has 0 radical (unpaired) electrons. The molecule has 0 spiro atoms. The normalized spacial score (nSPS) is 12.8. The van der Waals surface area contributed by atoms with Crippen LogP contribution in [-0.2, 0) is 21.7 Å². The molecule has 0 fully saturated rings. The van der Waals surface area contributed by atoms with Gasteiger partial charge in [0.25, 0.3) is 0 Å². The van der Waals surface area contributed by atoms with E-state index in [4.69, 9.17) is 4.74 Å². The molecule has 2 atom stereocenters. The summed E-state index contributed by atoms with van der Waals surface area (Å²) in [5, 5.41) is 41.3. The molecule has 0 bridgehead atoms. The van der Waals surface area contributed by atoms with Crippen molar-refractivity contribution < 1.29 is 30.0 Å². The van der Waals surface area contributed by atoms with Crippen LogP contribution in [0.5, 0.6) is 28.7 Å². The van der Waals surface area contributed by atoms with E-state index in [2.05, 4.69) is 154 Å². The zero-order chi connectivity index (χ0) is 53.9. The van der Waals surface area contributed by atoms with Crippen molar-refractivity contribution in [3.05, 3.63) is 253 Å². The Morgan fingerprint density at radius 3 is 0.932 bits per heavy atom. The van der Waals surface area contributed by atoms with Crippen molar-refractivity contribution in [3.63, 3.8) is 0 Å². The lowest BCUT2D eigenvalue weighted by atomic mass is 9.74. The largest absolute Gasteiger partial charge is 0.508 e. The van der Waals surface area contributed by atoms with Gasteiger partial charge in [0.15, 0.2) is 0 Å². The van der Waals surface area contributed by atoms with Crippen LogP contribution in [0.4, 0.5) is 0 Å². The average molecular weight is 987 g/mol. The molecule has 74 heavy (non-hydrogen) atoms. The second kappa shape index (κ2) is 21.5. The third-order valence-corrected chi connectivity index (χ3v) is 16.1. The topological polar surface area (TPSA) is 107 Å². The van der Waals surface area contributed by atoms with Gasteiger partial charge in [0, 0.05) is 50.2 Å². The first-order valence-electron chi connectivity index (χ1n) is 25.6. The van der Waals surface area contributed by atoms with E-state index in [0.717, 1.165) is 62.1 Å². The molecule has 0 aliphatic heterocycles. The summed E-state index contributed by atoms with van der Waals surface area (Å²) in [6, 6.07) is 56.7. The van der Waals surface area contributed by atoms with E-state index >= 15 is 0 Å². The van der Waals surface area contributed by atoms with Crippen molar-refractivity contribution in [2.75, 3.05) is 7.11 Å². The molecule has 0 aromatic heterocycles. The van der Waals surface area contributed by atoms with Crippen LogP contribution in [0.25, 0.3) is 0 Å². The van der Waals surface area contributed by atoms with Crippen LogP contribution in [0.2, 0.25) is 0 Å². The maximum atomic E-state index is 11.0. The third-order valence-electron chi connectivity index (χ3n) is 16.1. The zero-order valence-corrected chi connectivity index (χ0v) is 45.5. The lowest BCUT2D eigenvalue weighted by Gasteiger charge is -2.30. The van der Waals surface area contributed by atoms with Gasteiger partial charge in [0.1, 0.15) is 35.0 Å². The molecule has 0 aliphatic rings. The quantitative estimate of drug-likeness (QED) is 0.0809. The second-order valence-corrected chi connectivity index (χ2v) is 22.2. The molecule has 2 unspecified atom stereocenters. The summed E-state index contributed by atoms with van der Waals surface area (Å²) in [5.74, 6) is 2.06. The van der Waals surface area contributed by atoms with E-state index in [1.165, 1.54) is 27.8 Å². The molecule has 4 N–H and O–H groups in total. The van der Waals surface area contributed by atoms with E-state index in [1.54, 1.807) is 25.3 Å². The Labute approximate surface area is 440 Å². The van der Waals surface area contributed by atoms with Gasteiger partial charge in [-0.25, -0.2) is 0 Å². The van der Waals surface area contributed by atoms with Gasteiger partial charge in [-0.15, -0.1) is 0 Å². The van der Waals surface area contributed by atoms with E-state index in [-0.39, 0.29) is 39.2 Å². The molecule has 6 heteroatoms. The summed E-state index contributed by atoms with van der Waals surface area (Å²) in [6.07, 6.45) is 0.840. The van der Waals surface area contributed by atoms with Crippen LogP contribution in [0.3, 0.4) is 0 Å². The van der Waals surface area contributed by atoms with Gasteiger partial charge in [-0.2, -0.15) is 0 Å². The number of phenols is 4. The molecule has 8 aromatic carbocycles. The molecule has 0 saturated heterocycles. The minimum atomic E-state index is -0.276. The summed E-state index contributed by atoms with van der Waals surface area (Å²) in [4.78, 5) is 11.0.